The third-order valence-electron chi connectivity index (χ3n) is 16.8. The zero-order valence-electron chi connectivity index (χ0n) is 45.5. The van der Waals surface area contributed by atoms with Gasteiger partial charge in [0.1, 0.15) is 17.4 Å². The average Bonchev–Trinajstić information content (AvgIpc) is 2.93. The Balaban J connectivity index is 1.09. The summed E-state index contributed by atoms with van der Waals surface area (Å²) in [4.78, 5) is 15.2. The summed E-state index contributed by atoms with van der Waals surface area (Å²) in [7, 11) is 0. The molecule has 386 valence electrons. The summed E-state index contributed by atoms with van der Waals surface area (Å²) < 4.78 is 9.29. The average molecular weight is 1050 g/mol. The molecule has 0 spiro atoms. The lowest BCUT2D eigenvalue weighted by molar-refractivity contribution is 1.10. The van der Waals surface area contributed by atoms with Crippen LogP contribution in [-0.4, -0.2) is 33.2 Å². The molecule has 0 unspecified atom stereocenters. The van der Waals surface area contributed by atoms with Gasteiger partial charge in [-0.05, 0) is 154 Å². The fraction of sp³-hybridized carbons (Fsp3) is 0.0541. The van der Waals surface area contributed by atoms with Crippen LogP contribution in [0.25, 0.3) is 144 Å². The molecule has 0 aliphatic rings. The Morgan fingerprint density at radius 2 is 0.720 bits per heavy atom. The van der Waals surface area contributed by atoms with Crippen LogP contribution in [0.1, 0.15) is 27.8 Å². The number of benzene rings is 9. The molecule has 7 aromatic heterocycles. The SMILES string of the molecule is Cc1ccc2c(c1)c1cc(C)ccc1n2-c1ccc(-c2c(-c3ccc(-n4c5ccc(C)cc5c5cc(C)ccc54)cc3)c(-n3c4ccccc4c4cccnc43)c(-c3cccnc3)c(C#N)c2-n2c3ccccc3c3cccnc32)cc1. The van der Waals surface area contributed by atoms with Crippen molar-refractivity contribution in [2.45, 2.75) is 27.7 Å². The Morgan fingerprint density at radius 3 is 1.15 bits per heavy atom. The predicted octanol–water partition coefficient (Wildman–Crippen LogP) is 18.4. The quantitative estimate of drug-likeness (QED) is 0.159. The summed E-state index contributed by atoms with van der Waals surface area (Å²) in [6.07, 6.45) is 7.40. The molecule has 8 nitrogen and oxygen atoms in total. The van der Waals surface area contributed by atoms with Gasteiger partial charge in [-0.15, -0.1) is 0 Å². The number of para-hydroxylation sites is 2. The van der Waals surface area contributed by atoms with E-state index in [0.29, 0.717) is 11.3 Å². The first-order chi connectivity index (χ1) is 40.3. The molecule has 82 heavy (non-hydrogen) atoms. The standard InChI is InChI=1S/C74H50N8/c1-44-19-31-64-57(38-44)58-39-45(2)20-32-65(58)79(64)51-27-23-48(24-28-51)69-70(49-25-29-52(30-26-49)80-66-33-21-46(3)40-59(66)60-41-47(4)22-34-67(60)80)72(82-63-18-8-6-14-54(63)56-16-11-37-78-74(56)82)68(50-12-9-35-76-43-50)61(42-75)71(69)81-62-17-7-5-13-53(62)55-15-10-36-77-73(55)81/h5-41,43H,1-4H3. The van der Waals surface area contributed by atoms with Crippen molar-refractivity contribution in [3.63, 3.8) is 0 Å². The number of rotatable bonds is 7. The van der Waals surface area contributed by atoms with Crippen LogP contribution in [0.4, 0.5) is 0 Å². The Morgan fingerprint density at radius 1 is 0.329 bits per heavy atom. The van der Waals surface area contributed by atoms with E-state index in [1.165, 1.54) is 43.8 Å². The number of hydrogen-bond donors (Lipinski definition) is 0. The van der Waals surface area contributed by atoms with Crippen LogP contribution in [0.15, 0.2) is 231 Å². The summed E-state index contributed by atoms with van der Waals surface area (Å²) in [6.45, 7) is 8.64. The van der Waals surface area contributed by atoms with E-state index in [9.17, 15) is 5.26 Å². The van der Waals surface area contributed by atoms with Crippen LogP contribution in [0.2, 0.25) is 0 Å². The van der Waals surface area contributed by atoms with Gasteiger partial charge in [0.2, 0.25) is 0 Å². The molecule has 0 saturated carbocycles. The summed E-state index contributed by atoms with van der Waals surface area (Å²) >= 11 is 0. The van der Waals surface area contributed by atoms with E-state index in [2.05, 4.69) is 240 Å². The van der Waals surface area contributed by atoms with Gasteiger partial charge in [-0.1, -0.05) is 113 Å². The maximum absolute atomic E-state index is 12.4. The number of aromatic nitrogens is 7. The number of nitrogens with zero attached hydrogens (tertiary/aromatic N) is 8. The largest absolute Gasteiger partial charge is 0.309 e. The van der Waals surface area contributed by atoms with Crippen LogP contribution in [0.5, 0.6) is 0 Å². The molecule has 0 amide bonds. The molecule has 0 radical (unpaired) electrons. The maximum atomic E-state index is 12.4. The fourth-order valence-corrected chi connectivity index (χ4v) is 13.3. The number of pyridine rings is 3. The van der Waals surface area contributed by atoms with Crippen LogP contribution in [-0.2, 0) is 0 Å². The third kappa shape index (κ3) is 6.93. The van der Waals surface area contributed by atoms with Crippen LogP contribution in [0, 0.1) is 39.0 Å². The molecule has 0 atom stereocenters. The van der Waals surface area contributed by atoms with E-state index in [1.54, 1.807) is 6.20 Å². The van der Waals surface area contributed by atoms with Crippen molar-refractivity contribution >= 4 is 87.5 Å². The van der Waals surface area contributed by atoms with Crippen LogP contribution in [0.3, 0.4) is 0 Å². The minimum atomic E-state index is 0.474. The minimum absolute atomic E-state index is 0.474. The van der Waals surface area contributed by atoms with Gasteiger partial charge >= 0.3 is 0 Å². The summed E-state index contributed by atoms with van der Waals surface area (Å²) in [5.41, 5.74) is 22.1. The molecule has 7 heterocycles. The smallest absolute Gasteiger partial charge is 0.145 e. The predicted molar refractivity (Wildman–Crippen MR) is 337 cm³/mol. The first-order valence-electron chi connectivity index (χ1n) is 27.8. The Labute approximate surface area is 472 Å². The second-order valence-corrected chi connectivity index (χ2v) is 21.9. The second kappa shape index (κ2) is 18.1. The van der Waals surface area contributed by atoms with E-state index in [0.717, 1.165) is 116 Å². The van der Waals surface area contributed by atoms with Crippen molar-refractivity contribution < 1.29 is 0 Å². The van der Waals surface area contributed by atoms with Crippen molar-refractivity contribution in [1.29, 1.82) is 5.26 Å². The summed E-state index contributed by atoms with van der Waals surface area (Å²) in [5.74, 6) is 0. The Bertz CT molecular complexity index is 5150. The minimum Gasteiger partial charge on any atom is -0.309 e. The molecule has 0 aliphatic heterocycles. The zero-order valence-corrected chi connectivity index (χ0v) is 45.5. The second-order valence-electron chi connectivity index (χ2n) is 21.9. The molecule has 0 bridgehead atoms. The molecule has 8 heteroatoms. The van der Waals surface area contributed by atoms with Gasteiger partial charge in [0.15, 0.2) is 0 Å². The van der Waals surface area contributed by atoms with Crippen molar-refractivity contribution in [3.05, 3.63) is 259 Å². The van der Waals surface area contributed by atoms with E-state index < -0.39 is 0 Å². The highest BCUT2D eigenvalue weighted by Crippen LogP contribution is 2.52. The summed E-state index contributed by atoms with van der Waals surface area (Å²) in [5, 5.41) is 21.4. The number of nitriles is 1. The topological polar surface area (TPSA) is 82.2 Å². The Kier molecular flexibility index (Phi) is 10.4. The first-order valence-corrected chi connectivity index (χ1v) is 27.8. The lowest BCUT2D eigenvalue weighted by atomic mass is 9.83. The molecule has 16 rings (SSSR count). The van der Waals surface area contributed by atoms with Gasteiger partial charge in [0.05, 0.1) is 50.0 Å². The van der Waals surface area contributed by atoms with Crippen molar-refractivity contribution in [2.75, 3.05) is 0 Å². The molecular weight excluding hydrogens is 1000 g/mol. The number of fused-ring (bicyclic) bond motifs is 12. The zero-order chi connectivity index (χ0) is 54.9. The van der Waals surface area contributed by atoms with Gasteiger partial charge in [0, 0.05) is 102 Å². The van der Waals surface area contributed by atoms with Gasteiger partial charge in [-0.2, -0.15) is 5.26 Å². The molecule has 0 saturated heterocycles. The highest BCUT2D eigenvalue weighted by atomic mass is 15.1. The fourth-order valence-electron chi connectivity index (χ4n) is 13.3. The normalized spacial score (nSPS) is 11.9. The van der Waals surface area contributed by atoms with Gasteiger partial charge in [0.25, 0.3) is 0 Å². The molecule has 9 aromatic carbocycles. The molecule has 16 aromatic rings. The number of hydrogen-bond acceptors (Lipinski definition) is 4. The van der Waals surface area contributed by atoms with Crippen molar-refractivity contribution in [3.8, 4) is 62.2 Å². The van der Waals surface area contributed by atoms with Gasteiger partial charge in [-0.3, -0.25) is 14.1 Å². The van der Waals surface area contributed by atoms with Crippen molar-refractivity contribution in [1.82, 2.24) is 33.2 Å². The number of aryl methyl sites for hydroxylation is 4. The van der Waals surface area contributed by atoms with E-state index in [-0.39, 0.29) is 0 Å². The highest BCUT2D eigenvalue weighted by Gasteiger charge is 2.33. The summed E-state index contributed by atoms with van der Waals surface area (Å²) in [6, 6.07) is 77.2. The van der Waals surface area contributed by atoms with E-state index >= 15 is 0 Å². The molecule has 0 N–H and O–H groups in total. The lowest BCUT2D eigenvalue weighted by Crippen LogP contribution is -2.11. The maximum Gasteiger partial charge on any atom is 0.145 e. The van der Waals surface area contributed by atoms with E-state index in [4.69, 9.17) is 15.0 Å². The first kappa shape index (κ1) is 47.1. The van der Waals surface area contributed by atoms with Gasteiger partial charge in [-0.25, -0.2) is 9.97 Å². The van der Waals surface area contributed by atoms with Crippen molar-refractivity contribution in [2.24, 2.45) is 0 Å². The highest BCUT2D eigenvalue weighted by molar-refractivity contribution is 6.15. The van der Waals surface area contributed by atoms with Gasteiger partial charge < -0.3 is 9.13 Å². The molecule has 0 aliphatic carbocycles. The van der Waals surface area contributed by atoms with Crippen LogP contribution >= 0.6 is 0 Å². The Hall–Kier alpha value is -10.9. The molecular formula is C74H50N8. The third-order valence-corrected chi connectivity index (χ3v) is 16.8. The lowest BCUT2D eigenvalue weighted by Gasteiger charge is -2.27. The monoisotopic (exact) mass is 1050 g/mol. The van der Waals surface area contributed by atoms with Crippen LogP contribution < -0.4 is 0 Å². The van der Waals surface area contributed by atoms with E-state index in [1.807, 2.05) is 36.8 Å². The molecule has 0 fully saturated rings.